The molecule has 0 saturated carbocycles. The molecular weight excluding hydrogens is 270 g/mol. The Bertz CT molecular complexity index is 554. The fourth-order valence-corrected chi connectivity index (χ4v) is 2.52. The molecule has 0 fully saturated rings. The molecule has 5 heteroatoms. The summed E-state index contributed by atoms with van der Waals surface area (Å²) in [6.45, 7) is 3.58. The average molecular weight is 289 g/mol. The lowest BCUT2D eigenvalue weighted by Gasteiger charge is -2.17. The molecule has 0 aliphatic carbocycles. The van der Waals surface area contributed by atoms with Crippen molar-refractivity contribution in [3.63, 3.8) is 0 Å². The standard InChI is InChI=1S/C15H19N3OS/c1-3-6-16-14-9-13(4-7-17-14)15(19)18(2)10-12-5-8-20-11-12/h4-5,7-9,11H,3,6,10H2,1-2H3,(H,16,17). The van der Waals surface area contributed by atoms with Crippen molar-refractivity contribution in [2.75, 3.05) is 18.9 Å². The fraction of sp³-hybridized carbons (Fsp3) is 0.333. The van der Waals surface area contributed by atoms with Crippen molar-refractivity contribution in [3.8, 4) is 0 Å². The van der Waals surface area contributed by atoms with Crippen LogP contribution in [-0.2, 0) is 6.54 Å². The number of carbonyl (C=O) groups is 1. The van der Waals surface area contributed by atoms with Gasteiger partial charge in [-0.2, -0.15) is 11.3 Å². The summed E-state index contributed by atoms with van der Waals surface area (Å²) in [6, 6.07) is 5.60. The molecule has 2 aromatic heterocycles. The molecular formula is C15H19N3OS. The lowest BCUT2D eigenvalue weighted by Crippen LogP contribution is -2.26. The molecule has 0 aliphatic rings. The highest BCUT2D eigenvalue weighted by molar-refractivity contribution is 7.07. The first-order valence-corrected chi connectivity index (χ1v) is 7.61. The van der Waals surface area contributed by atoms with Gasteiger partial charge in [-0.05, 0) is 40.9 Å². The molecule has 0 spiro atoms. The lowest BCUT2D eigenvalue weighted by atomic mass is 10.2. The first-order valence-electron chi connectivity index (χ1n) is 6.67. The van der Waals surface area contributed by atoms with Gasteiger partial charge < -0.3 is 10.2 Å². The van der Waals surface area contributed by atoms with Crippen molar-refractivity contribution in [3.05, 3.63) is 46.3 Å². The Morgan fingerprint density at radius 2 is 2.30 bits per heavy atom. The number of hydrogen-bond acceptors (Lipinski definition) is 4. The Morgan fingerprint density at radius 1 is 1.45 bits per heavy atom. The summed E-state index contributed by atoms with van der Waals surface area (Å²) in [4.78, 5) is 18.3. The fourth-order valence-electron chi connectivity index (χ4n) is 1.86. The minimum absolute atomic E-state index is 0.0122. The second-order valence-corrected chi connectivity index (χ2v) is 5.43. The highest BCUT2D eigenvalue weighted by Crippen LogP contribution is 2.13. The number of anilines is 1. The SMILES string of the molecule is CCCNc1cc(C(=O)N(C)Cc2ccsc2)ccn1. The Balaban J connectivity index is 2.04. The van der Waals surface area contributed by atoms with Crippen LogP contribution in [0.4, 0.5) is 5.82 Å². The number of thiophene rings is 1. The summed E-state index contributed by atoms with van der Waals surface area (Å²) >= 11 is 1.64. The topological polar surface area (TPSA) is 45.2 Å². The minimum Gasteiger partial charge on any atom is -0.370 e. The van der Waals surface area contributed by atoms with Gasteiger partial charge in [-0.15, -0.1) is 0 Å². The average Bonchev–Trinajstić information content (AvgIpc) is 2.97. The van der Waals surface area contributed by atoms with E-state index in [1.165, 1.54) is 0 Å². The number of aromatic nitrogens is 1. The van der Waals surface area contributed by atoms with Crippen molar-refractivity contribution in [1.82, 2.24) is 9.88 Å². The van der Waals surface area contributed by atoms with Gasteiger partial charge >= 0.3 is 0 Å². The predicted octanol–water partition coefficient (Wildman–Crippen LogP) is 3.24. The molecule has 4 nitrogen and oxygen atoms in total. The van der Waals surface area contributed by atoms with Gasteiger partial charge in [0, 0.05) is 31.9 Å². The summed E-state index contributed by atoms with van der Waals surface area (Å²) in [7, 11) is 1.82. The van der Waals surface area contributed by atoms with E-state index in [-0.39, 0.29) is 5.91 Å². The van der Waals surface area contributed by atoms with E-state index in [2.05, 4.69) is 22.6 Å². The van der Waals surface area contributed by atoms with E-state index < -0.39 is 0 Å². The molecule has 0 aromatic carbocycles. The number of nitrogens with zero attached hydrogens (tertiary/aromatic N) is 2. The van der Waals surface area contributed by atoms with Gasteiger partial charge in [0.15, 0.2) is 0 Å². The molecule has 2 rings (SSSR count). The maximum atomic E-state index is 12.4. The molecule has 0 aliphatic heterocycles. The zero-order valence-electron chi connectivity index (χ0n) is 11.8. The van der Waals surface area contributed by atoms with Crippen molar-refractivity contribution >= 4 is 23.1 Å². The molecule has 20 heavy (non-hydrogen) atoms. The highest BCUT2D eigenvalue weighted by atomic mass is 32.1. The Hall–Kier alpha value is -1.88. The van der Waals surface area contributed by atoms with E-state index >= 15 is 0 Å². The summed E-state index contributed by atoms with van der Waals surface area (Å²) < 4.78 is 0. The van der Waals surface area contributed by atoms with Crippen LogP contribution in [0.3, 0.4) is 0 Å². The smallest absolute Gasteiger partial charge is 0.254 e. The normalized spacial score (nSPS) is 10.3. The number of rotatable bonds is 6. The highest BCUT2D eigenvalue weighted by Gasteiger charge is 2.13. The van der Waals surface area contributed by atoms with Crippen LogP contribution in [0.15, 0.2) is 35.2 Å². The van der Waals surface area contributed by atoms with E-state index in [1.807, 2.05) is 24.6 Å². The van der Waals surface area contributed by atoms with Crippen LogP contribution in [0.25, 0.3) is 0 Å². The quantitative estimate of drug-likeness (QED) is 0.888. The second-order valence-electron chi connectivity index (χ2n) is 4.65. The Labute approximate surface area is 123 Å². The Kier molecular flexibility index (Phi) is 5.12. The maximum absolute atomic E-state index is 12.4. The molecule has 2 aromatic rings. The van der Waals surface area contributed by atoms with E-state index in [0.29, 0.717) is 12.1 Å². The molecule has 0 radical (unpaired) electrons. The molecule has 0 saturated heterocycles. The van der Waals surface area contributed by atoms with Gasteiger partial charge in [0.1, 0.15) is 5.82 Å². The third-order valence-corrected chi connectivity index (χ3v) is 3.64. The van der Waals surface area contributed by atoms with Gasteiger partial charge in [0.25, 0.3) is 5.91 Å². The Morgan fingerprint density at radius 3 is 3.00 bits per heavy atom. The third-order valence-electron chi connectivity index (χ3n) is 2.91. The number of nitrogens with one attached hydrogen (secondary N) is 1. The van der Waals surface area contributed by atoms with Crippen molar-refractivity contribution in [2.24, 2.45) is 0 Å². The van der Waals surface area contributed by atoms with Crippen LogP contribution in [0.1, 0.15) is 29.3 Å². The summed E-state index contributed by atoms with van der Waals surface area (Å²) in [5.74, 6) is 0.764. The van der Waals surface area contributed by atoms with E-state index in [9.17, 15) is 4.79 Å². The summed E-state index contributed by atoms with van der Waals surface area (Å²) in [5.41, 5.74) is 1.82. The number of amides is 1. The molecule has 1 amide bonds. The van der Waals surface area contributed by atoms with Crippen LogP contribution in [0.2, 0.25) is 0 Å². The van der Waals surface area contributed by atoms with Gasteiger partial charge in [-0.1, -0.05) is 6.92 Å². The van der Waals surface area contributed by atoms with E-state index in [1.54, 1.807) is 28.5 Å². The number of hydrogen-bond donors (Lipinski definition) is 1. The summed E-state index contributed by atoms with van der Waals surface area (Å²) in [6.07, 6.45) is 2.70. The van der Waals surface area contributed by atoms with Gasteiger partial charge in [-0.3, -0.25) is 4.79 Å². The van der Waals surface area contributed by atoms with Crippen LogP contribution < -0.4 is 5.32 Å². The molecule has 2 heterocycles. The van der Waals surface area contributed by atoms with E-state index in [4.69, 9.17) is 0 Å². The van der Waals surface area contributed by atoms with Crippen molar-refractivity contribution in [2.45, 2.75) is 19.9 Å². The predicted molar refractivity (Wildman–Crippen MR) is 83.1 cm³/mol. The van der Waals surface area contributed by atoms with Crippen LogP contribution >= 0.6 is 11.3 Å². The molecule has 0 unspecified atom stereocenters. The molecule has 106 valence electrons. The zero-order valence-corrected chi connectivity index (χ0v) is 12.6. The molecule has 0 bridgehead atoms. The monoisotopic (exact) mass is 289 g/mol. The minimum atomic E-state index is 0.0122. The number of pyridine rings is 1. The molecule has 1 N–H and O–H groups in total. The van der Waals surface area contributed by atoms with Gasteiger partial charge in [0.05, 0.1) is 0 Å². The zero-order chi connectivity index (χ0) is 14.4. The lowest BCUT2D eigenvalue weighted by molar-refractivity contribution is 0.0785. The van der Waals surface area contributed by atoms with E-state index in [0.717, 1.165) is 24.3 Å². The molecule has 0 atom stereocenters. The first kappa shape index (κ1) is 14.5. The second kappa shape index (κ2) is 7.05. The van der Waals surface area contributed by atoms with Crippen LogP contribution in [0, 0.1) is 0 Å². The van der Waals surface area contributed by atoms with Crippen LogP contribution in [0.5, 0.6) is 0 Å². The first-order chi connectivity index (χ1) is 9.70. The largest absolute Gasteiger partial charge is 0.370 e. The number of carbonyl (C=O) groups excluding carboxylic acids is 1. The van der Waals surface area contributed by atoms with Crippen molar-refractivity contribution < 1.29 is 4.79 Å². The van der Waals surface area contributed by atoms with Crippen molar-refractivity contribution in [1.29, 1.82) is 0 Å². The van der Waals surface area contributed by atoms with Crippen LogP contribution in [-0.4, -0.2) is 29.4 Å². The third kappa shape index (κ3) is 3.81. The summed E-state index contributed by atoms with van der Waals surface area (Å²) in [5, 5.41) is 7.27. The van der Waals surface area contributed by atoms with Gasteiger partial charge in [-0.25, -0.2) is 4.98 Å². The van der Waals surface area contributed by atoms with Gasteiger partial charge in [0.2, 0.25) is 0 Å². The maximum Gasteiger partial charge on any atom is 0.254 e.